The molecule has 0 saturated carbocycles. The molecule has 120 valence electrons. The van der Waals surface area contributed by atoms with Gasteiger partial charge in [-0.1, -0.05) is 74.1 Å². The molecule has 0 amide bonds. The zero-order valence-corrected chi connectivity index (χ0v) is 15.4. The zero-order chi connectivity index (χ0) is 16.0. The van der Waals surface area contributed by atoms with Gasteiger partial charge in [0.15, 0.2) is 0 Å². The molecule has 20 heavy (non-hydrogen) atoms. The SMILES string of the molecule is CCC(C)(C)CC(C)CCCC(C)CC(C)(C)C(=O)Cl. The predicted molar refractivity (Wildman–Crippen MR) is 90.1 cm³/mol. The third kappa shape index (κ3) is 8.29. The van der Waals surface area contributed by atoms with Crippen LogP contribution in [-0.2, 0) is 4.79 Å². The third-order valence-corrected chi connectivity index (χ3v) is 5.15. The van der Waals surface area contributed by atoms with Crippen LogP contribution < -0.4 is 0 Å². The second kappa shape index (κ2) is 8.41. The maximum Gasteiger partial charge on any atom is 0.227 e. The molecule has 0 saturated heterocycles. The standard InChI is InChI=1S/C18H35ClO/c1-8-17(4,5)12-14(2)10-9-11-15(3)13-18(6,7)16(19)20/h14-15H,8-13H2,1-7H3. The van der Waals surface area contributed by atoms with E-state index in [0.717, 1.165) is 12.3 Å². The molecule has 2 unspecified atom stereocenters. The Morgan fingerprint density at radius 2 is 1.45 bits per heavy atom. The predicted octanol–water partition coefficient (Wildman–Crippen LogP) is 6.44. The number of carbonyl (C=O) groups excluding carboxylic acids is 1. The van der Waals surface area contributed by atoms with Crippen molar-refractivity contribution in [1.82, 2.24) is 0 Å². The van der Waals surface area contributed by atoms with Gasteiger partial charge in [-0.05, 0) is 41.7 Å². The molecule has 0 rings (SSSR count). The maximum absolute atomic E-state index is 11.3. The summed E-state index contributed by atoms with van der Waals surface area (Å²) in [7, 11) is 0. The van der Waals surface area contributed by atoms with Crippen molar-refractivity contribution in [1.29, 1.82) is 0 Å². The number of carbonyl (C=O) groups is 1. The van der Waals surface area contributed by atoms with Gasteiger partial charge in [0.2, 0.25) is 5.24 Å². The van der Waals surface area contributed by atoms with Gasteiger partial charge in [0, 0.05) is 5.41 Å². The van der Waals surface area contributed by atoms with Crippen molar-refractivity contribution in [3.05, 3.63) is 0 Å². The zero-order valence-electron chi connectivity index (χ0n) is 14.7. The highest BCUT2D eigenvalue weighted by atomic mass is 35.5. The van der Waals surface area contributed by atoms with E-state index in [0.29, 0.717) is 11.3 Å². The molecule has 0 aromatic rings. The van der Waals surface area contributed by atoms with Crippen molar-refractivity contribution >= 4 is 16.8 Å². The Labute approximate surface area is 131 Å². The van der Waals surface area contributed by atoms with Gasteiger partial charge in [-0.2, -0.15) is 0 Å². The Hall–Kier alpha value is -0.0400. The van der Waals surface area contributed by atoms with Crippen molar-refractivity contribution < 1.29 is 4.79 Å². The van der Waals surface area contributed by atoms with Crippen molar-refractivity contribution in [3.8, 4) is 0 Å². The van der Waals surface area contributed by atoms with Crippen LogP contribution in [0.15, 0.2) is 0 Å². The summed E-state index contributed by atoms with van der Waals surface area (Å²) in [5.74, 6) is 1.36. The molecule has 0 heterocycles. The first-order chi connectivity index (χ1) is 9.00. The molecule has 2 atom stereocenters. The van der Waals surface area contributed by atoms with E-state index in [1.165, 1.54) is 32.1 Å². The van der Waals surface area contributed by atoms with Gasteiger partial charge < -0.3 is 0 Å². The molecule has 2 heteroatoms. The molecule has 0 aliphatic heterocycles. The molecule has 0 aliphatic carbocycles. The van der Waals surface area contributed by atoms with Gasteiger partial charge in [-0.3, -0.25) is 4.79 Å². The van der Waals surface area contributed by atoms with Crippen molar-refractivity contribution in [2.45, 2.75) is 87.0 Å². The van der Waals surface area contributed by atoms with Crippen LogP contribution in [0.4, 0.5) is 0 Å². The molecular weight excluding hydrogens is 268 g/mol. The van der Waals surface area contributed by atoms with Crippen LogP contribution in [0.3, 0.4) is 0 Å². The summed E-state index contributed by atoms with van der Waals surface area (Å²) in [6, 6.07) is 0. The normalized spacial score (nSPS) is 16.0. The molecule has 0 aliphatic rings. The molecule has 0 radical (unpaired) electrons. The lowest BCUT2D eigenvalue weighted by Crippen LogP contribution is -2.22. The van der Waals surface area contributed by atoms with E-state index in [9.17, 15) is 4.79 Å². The number of hydrogen-bond acceptors (Lipinski definition) is 1. The van der Waals surface area contributed by atoms with Crippen molar-refractivity contribution in [3.63, 3.8) is 0 Å². The summed E-state index contributed by atoms with van der Waals surface area (Å²) in [5.41, 5.74) is 0.0921. The van der Waals surface area contributed by atoms with Gasteiger partial charge in [0.05, 0.1) is 0 Å². The summed E-state index contributed by atoms with van der Waals surface area (Å²) in [4.78, 5) is 11.3. The topological polar surface area (TPSA) is 17.1 Å². The van der Waals surface area contributed by atoms with E-state index < -0.39 is 0 Å². The fourth-order valence-electron chi connectivity index (χ4n) is 3.06. The van der Waals surface area contributed by atoms with Gasteiger partial charge in [0.25, 0.3) is 0 Å². The van der Waals surface area contributed by atoms with Gasteiger partial charge >= 0.3 is 0 Å². The Morgan fingerprint density at radius 3 is 1.85 bits per heavy atom. The van der Waals surface area contributed by atoms with Gasteiger partial charge in [-0.15, -0.1) is 0 Å². The van der Waals surface area contributed by atoms with Crippen LogP contribution in [0.5, 0.6) is 0 Å². The van der Waals surface area contributed by atoms with Crippen LogP contribution in [0.25, 0.3) is 0 Å². The Kier molecular flexibility index (Phi) is 8.40. The Bertz CT molecular complexity index is 294. The molecule has 0 bridgehead atoms. The average molecular weight is 303 g/mol. The van der Waals surface area contributed by atoms with E-state index in [2.05, 4.69) is 34.6 Å². The average Bonchev–Trinajstić information content (AvgIpc) is 2.27. The van der Waals surface area contributed by atoms with Crippen LogP contribution in [-0.4, -0.2) is 5.24 Å². The summed E-state index contributed by atoms with van der Waals surface area (Å²) in [5, 5.41) is -0.206. The lowest BCUT2D eigenvalue weighted by molar-refractivity contribution is -0.119. The Morgan fingerprint density at radius 1 is 1.00 bits per heavy atom. The van der Waals surface area contributed by atoms with E-state index in [-0.39, 0.29) is 10.7 Å². The minimum Gasteiger partial charge on any atom is -0.281 e. The minimum atomic E-state index is -0.378. The highest BCUT2D eigenvalue weighted by Crippen LogP contribution is 2.33. The molecule has 0 fully saturated rings. The van der Waals surface area contributed by atoms with Crippen LogP contribution in [0.2, 0.25) is 0 Å². The fraction of sp³-hybridized carbons (Fsp3) is 0.944. The van der Waals surface area contributed by atoms with E-state index in [1.807, 2.05) is 13.8 Å². The molecule has 1 nitrogen and oxygen atoms in total. The maximum atomic E-state index is 11.3. The first-order valence-corrected chi connectivity index (χ1v) is 8.58. The number of rotatable bonds is 10. The Balaban J connectivity index is 3.98. The van der Waals surface area contributed by atoms with E-state index in [1.54, 1.807) is 0 Å². The first kappa shape index (κ1) is 20.0. The van der Waals surface area contributed by atoms with Crippen molar-refractivity contribution in [2.24, 2.45) is 22.7 Å². The monoisotopic (exact) mass is 302 g/mol. The summed E-state index contributed by atoms with van der Waals surface area (Å²) >= 11 is 5.65. The quantitative estimate of drug-likeness (QED) is 0.424. The van der Waals surface area contributed by atoms with E-state index >= 15 is 0 Å². The number of hydrogen-bond donors (Lipinski definition) is 0. The lowest BCUT2D eigenvalue weighted by Gasteiger charge is -2.27. The second-order valence-electron chi connectivity index (χ2n) is 8.22. The molecule has 0 aromatic heterocycles. The molecular formula is C18H35ClO. The van der Waals surface area contributed by atoms with Crippen LogP contribution in [0, 0.1) is 22.7 Å². The molecule has 0 aromatic carbocycles. The van der Waals surface area contributed by atoms with E-state index in [4.69, 9.17) is 11.6 Å². The smallest absolute Gasteiger partial charge is 0.227 e. The molecule has 0 spiro atoms. The third-order valence-electron chi connectivity index (χ3n) is 4.64. The highest BCUT2D eigenvalue weighted by Gasteiger charge is 2.27. The number of halogens is 1. The second-order valence-corrected chi connectivity index (χ2v) is 8.57. The van der Waals surface area contributed by atoms with Gasteiger partial charge in [-0.25, -0.2) is 0 Å². The minimum absolute atomic E-state index is 0.206. The van der Waals surface area contributed by atoms with Crippen LogP contribution in [0.1, 0.15) is 87.0 Å². The molecule has 0 N–H and O–H groups in total. The van der Waals surface area contributed by atoms with Gasteiger partial charge in [0.1, 0.15) is 0 Å². The summed E-state index contributed by atoms with van der Waals surface area (Å²) in [6.07, 6.45) is 7.20. The summed E-state index contributed by atoms with van der Waals surface area (Å²) < 4.78 is 0. The first-order valence-electron chi connectivity index (χ1n) is 8.20. The fourth-order valence-corrected chi connectivity index (χ4v) is 3.14. The lowest BCUT2D eigenvalue weighted by atomic mass is 9.78. The summed E-state index contributed by atoms with van der Waals surface area (Å²) in [6.45, 7) is 15.5. The van der Waals surface area contributed by atoms with Crippen molar-refractivity contribution in [2.75, 3.05) is 0 Å². The highest BCUT2D eigenvalue weighted by molar-refractivity contribution is 6.64. The largest absolute Gasteiger partial charge is 0.281 e. The van der Waals surface area contributed by atoms with Crippen LogP contribution >= 0.6 is 11.6 Å².